The Hall–Kier alpha value is -2.89. The van der Waals surface area contributed by atoms with Crippen LogP contribution in [0.25, 0.3) is 0 Å². The molecule has 1 aliphatic heterocycles. The van der Waals surface area contributed by atoms with Gasteiger partial charge in [-0.25, -0.2) is 0 Å². The Kier molecular flexibility index (Phi) is 5.74. The lowest BCUT2D eigenvalue weighted by Crippen LogP contribution is -2.23. The molecule has 0 radical (unpaired) electrons. The Balaban J connectivity index is 1.80. The third kappa shape index (κ3) is 4.10. The summed E-state index contributed by atoms with van der Waals surface area (Å²) in [5, 5.41) is 2.93. The first kappa shape index (κ1) is 18.9. The molecule has 0 spiro atoms. The van der Waals surface area contributed by atoms with E-state index in [1.165, 1.54) is 7.11 Å². The van der Waals surface area contributed by atoms with E-state index in [1.54, 1.807) is 25.3 Å². The highest BCUT2D eigenvalue weighted by Crippen LogP contribution is 2.35. The van der Waals surface area contributed by atoms with Gasteiger partial charge in [-0.1, -0.05) is 0 Å². The van der Waals surface area contributed by atoms with Crippen LogP contribution in [0, 0.1) is 0 Å². The number of rotatable bonds is 7. The second kappa shape index (κ2) is 8.20. The third-order valence-electron chi connectivity index (χ3n) is 4.47. The number of hydrogen-bond acceptors (Lipinski definition) is 5. The van der Waals surface area contributed by atoms with Crippen molar-refractivity contribution >= 4 is 5.91 Å². The van der Waals surface area contributed by atoms with Crippen molar-refractivity contribution in [1.29, 1.82) is 0 Å². The fourth-order valence-corrected chi connectivity index (χ4v) is 3.17. The van der Waals surface area contributed by atoms with Crippen LogP contribution < -0.4 is 24.3 Å². The topological polar surface area (TPSA) is 66.0 Å². The number of fused-ring (bicyclic) bond motifs is 1. The monoisotopic (exact) mass is 371 g/mol. The highest BCUT2D eigenvalue weighted by atomic mass is 16.5. The maximum Gasteiger partial charge on any atom is 0.255 e. The van der Waals surface area contributed by atoms with Gasteiger partial charge >= 0.3 is 0 Å². The number of carbonyl (C=O) groups is 1. The summed E-state index contributed by atoms with van der Waals surface area (Å²) < 4.78 is 22.1. The van der Waals surface area contributed by atoms with Crippen molar-refractivity contribution in [2.24, 2.45) is 0 Å². The summed E-state index contributed by atoms with van der Waals surface area (Å²) in [6, 6.07) is 9.08. The summed E-state index contributed by atoms with van der Waals surface area (Å²) >= 11 is 0. The van der Waals surface area contributed by atoms with E-state index in [-0.39, 0.29) is 12.0 Å². The van der Waals surface area contributed by atoms with Crippen LogP contribution in [0.5, 0.6) is 23.0 Å². The molecular formula is C21H25NO5. The lowest BCUT2D eigenvalue weighted by Gasteiger charge is -2.14. The summed E-state index contributed by atoms with van der Waals surface area (Å²) in [4.78, 5) is 12.7. The van der Waals surface area contributed by atoms with Gasteiger partial charge in [-0.05, 0) is 44.2 Å². The highest BCUT2D eigenvalue weighted by molar-refractivity contribution is 5.97. The SMILES string of the molecule is CCOc1cc2c(cc1CNC(=O)c1cc(OC)ccc1OC)O[C@H](C)C2. The van der Waals surface area contributed by atoms with Crippen LogP contribution >= 0.6 is 0 Å². The zero-order chi connectivity index (χ0) is 19.4. The fourth-order valence-electron chi connectivity index (χ4n) is 3.17. The van der Waals surface area contributed by atoms with E-state index in [9.17, 15) is 4.79 Å². The summed E-state index contributed by atoms with van der Waals surface area (Å²) in [5.41, 5.74) is 2.43. The average molecular weight is 371 g/mol. The van der Waals surface area contributed by atoms with Gasteiger partial charge in [0.25, 0.3) is 5.91 Å². The zero-order valence-corrected chi connectivity index (χ0v) is 16.1. The van der Waals surface area contributed by atoms with Gasteiger partial charge in [-0.2, -0.15) is 0 Å². The minimum atomic E-state index is -0.247. The van der Waals surface area contributed by atoms with Crippen molar-refractivity contribution in [2.45, 2.75) is 32.9 Å². The standard InChI is InChI=1S/C21H25NO5/c1-5-26-19-9-14-8-13(2)27-20(14)10-15(19)12-22-21(23)17-11-16(24-3)6-7-18(17)25-4/h6-7,9-11,13H,5,8,12H2,1-4H3,(H,22,23)/t13-/m1/s1. The predicted molar refractivity (Wildman–Crippen MR) is 102 cm³/mol. The maximum absolute atomic E-state index is 12.7. The predicted octanol–water partition coefficient (Wildman–Crippen LogP) is 3.36. The summed E-state index contributed by atoms with van der Waals surface area (Å²) in [6.45, 7) is 4.85. The first-order chi connectivity index (χ1) is 13.0. The minimum Gasteiger partial charge on any atom is -0.497 e. The van der Waals surface area contributed by atoms with Crippen LogP contribution in [0.1, 0.15) is 35.3 Å². The minimum absolute atomic E-state index is 0.153. The van der Waals surface area contributed by atoms with Crippen LogP contribution in [-0.2, 0) is 13.0 Å². The smallest absolute Gasteiger partial charge is 0.255 e. The van der Waals surface area contributed by atoms with Crippen LogP contribution in [0.4, 0.5) is 0 Å². The summed E-state index contributed by atoms with van der Waals surface area (Å²) in [7, 11) is 3.09. The molecule has 144 valence electrons. The van der Waals surface area contributed by atoms with Gasteiger partial charge in [0.15, 0.2) is 0 Å². The van der Waals surface area contributed by atoms with Crippen molar-refractivity contribution in [1.82, 2.24) is 5.32 Å². The highest BCUT2D eigenvalue weighted by Gasteiger charge is 2.22. The molecule has 6 heteroatoms. The summed E-state index contributed by atoms with van der Waals surface area (Å²) in [5.74, 6) is 2.46. The van der Waals surface area contributed by atoms with Crippen molar-refractivity contribution in [2.75, 3.05) is 20.8 Å². The fraction of sp³-hybridized carbons (Fsp3) is 0.381. The van der Waals surface area contributed by atoms with E-state index in [2.05, 4.69) is 5.32 Å². The van der Waals surface area contributed by atoms with E-state index < -0.39 is 0 Å². The lowest BCUT2D eigenvalue weighted by atomic mass is 10.1. The Morgan fingerprint density at radius 3 is 2.70 bits per heavy atom. The van der Waals surface area contributed by atoms with Gasteiger partial charge in [0.05, 0.1) is 26.4 Å². The van der Waals surface area contributed by atoms with Crippen molar-refractivity contribution in [3.8, 4) is 23.0 Å². The average Bonchev–Trinajstić information content (AvgIpc) is 3.04. The molecule has 0 aliphatic carbocycles. The van der Waals surface area contributed by atoms with Crippen LogP contribution in [0.3, 0.4) is 0 Å². The number of nitrogens with one attached hydrogen (secondary N) is 1. The van der Waals surface area contributed by atoms with Crippen LogP contribution in [-0.4, -0.2) is 32.8 Å². The zero-order valence-electron chi connectivity index (χ0n) is 16.1. The molecule has 2 aromatic carbocycles. The molecule has 27 heavy (non-hydrogen) atoms. The molecule has 1 heterocycles. The first-order valence-electron chi connectivity index (χ1n) is 9.01. The number of carbonyl (C=O) groups excluding carboxylic acids is 1. The molecule has 0 saturated heterocycles. The van der Waals surface area contributed by atoms with E-state index in [0.717, 1.165) is 29.0 Å². The van der Waals surface area contributed by atoms with Crippen LogP contribution in [0.2, 0.25) is 0 Å². The third-order valence-corrected chi connectivity index (χ3v) is 4.47. The van der Waals surface area contributed by atoms with Gasteiger partial charge in [-0.15, -0.1) is 0 Å². The van der Waals surface area contributed by atoms with E-state index in [4.69, 9.17) is 18.9 Å². The van der Waals surface area contributed by atoms with Gasteiger partial charge in [0.2, 0.25) is 0 Å². The lowest BCUT2D eigenvalue weighted by molar-refractivity contribution is 0.0947. The quantitative estimate of drug-likeness (QED) is 0.808. The molecule has 6 nitrogen and oxygen atoms in total. The molecule has 1 amide bonds. The molecule has 0 saturated carbocycles. The van der Waals surface area contributed by atoms with Crippen molar-refractivity contribution < 1.29 is 23.7 Å². The molecule has 0 fully saturated rings. The van der Waals surface area contributed by atoms with Gasteiger partial charge in [0.1, 0.15) is 29.1 Å². The number of methoxy groups -OCH3 is 2. The number of ether oxygens (including phenoxy) is 4. The molecule has 0 unspecified atom stereocenters. The normalized spacial score (nSPS) is 14.9. The Bertz CT molecular complexity index is 834. The number of amides is 1. The summed E-state index contributed by atoms with van der Waals surface area (Å²) in [6.07, 6.45) is 1.02. The molecule has 3 rings (SSSR count). The van der Waals surface area contributed by atoms with Crippen LogP contribution in [0.15, 0.2) is 30.3 Å². The van der Waals surface area contributed by atoms with Gasteiger partial charge in [0, 0.05) is 24.1 Å². The van der Waals surface area contributed by atoms with Crippen molar-refractivity contribution in [3.63, 3.8) is 0 Å². The second-order valence-electron chi connectivity index (χ2n) is 6.38. The van der Waals surface area contributed by atoms with E-state index in [1.807, 2.05) is 26.0 Å². The number of benzene rings is 2. The molecule has 0 bridgehead atoms. The Labute approximate surface area is 159 Å². The van der Waals surface area contributed by atoms with Crippen molar-refractivity contribution in [3.05, 3.63) is 47.0 Å². The largest absolute Gasteiger partial charge is 0.497 e. The first-order valence-corrected chi connectivity index (χ1v) is 9.01. The Morgan fingerprint density at radius 1 is 1.19 bits per heavy atom. The molecule has 2 aromatic rings. The molecule has 1 atom stereocenters. The van der Waals surface area contributed by atoms with E-state index in [0.29, 0.717) is 30.2 Å². The van der Waals surface area contributed by atoms with Gasteiger partial charge < -0.3 is 24.3 Å². The van der Waals surface area contributed by atoms with E-state index >= 15 is 0 Å². The Morgan fingerprint density at radius 2 is 2.00 bits per heavy atom. The molecular weight excluding hydrogens is 346 g/mol. The number of hydrogen-bond donors (Lipinski definition) is 1. The second-order valence-corrected chi connectivity index (χ2v) is 6.38. The maximum atomic E-state index is 12.7. The molecule has 0 aromatic heterocycles. The van der Waals surface area contributed by atoms with Gasteiger partial charge in [-0.3, -0.25) is 4.79 Å². The molecule has 1 N–H and O–H groups in total. The molecule has 1 aliphatic rings.